The van der Waals surface area contributed by atoms with Crippen molar-refractivity contribution >= 4 is 11.6 Å². The van der Waals surface area contributed by atoms with Gasteiger partial charge in [-0.2, -0.15) is 0 Å². The van der Waals surface area contributed by atoms with Crippen LogP contribution in [-0.2, 0) is 6.42 Å². The van der Waals surface area contributed by atoms with Gasteiger partial charge in [0.15, 0.2) is 5.78 Å². The number of hydrogen-bond acceptors (Lipinski definition) is 4. The molecule has 1 aliphatic rings. The predicted molar refractivity (Wildman–Crippen MR) is 94.1 cm³/mol. The second-order valence-corrected chi connectivity index (χ2v) is 5.58. The lowest BCUT2D eigenvalue weighted by Gasteiger charge is -2.24. The average molecular weight is 326 g/mol. The lowest BCUT2D eigenvalue weighted by molar-refractivity contribution is 0.0967. The highest BCUT2D eigenvalue weighted by molar-refractivity contribution is 6.28. The van der Waals surface area contributed by atoms with E-state index in [0.717, 1.165) is 12.0 Å². The zero-order valence-electron chi connectivity index (χ0n) is 14.3. The van der Waals surface area contributed by atoms with Gasteiger partial charge in [-0.05, 0) is 37.1 Å². The van der Waals surface area contributed by atoms with Gasteiger partial charge in [0.2, 0.25) is 11.3 Å². The normalized spacial score (nSPS) is 14.7. The number of H-pyrrole nitrogens is 1. The maximum Gasteiger partial charge on any atom is 0.248 e. The summed E-state index contributed by atoms with van der Waals surface area (Å²) in [6.07, 6.45) is 5.27. The predicted octanol–water partition coefficient (Wildman–Crippen LogP) is 3.05. The highest BCUT2D eigenvalue weighted by Gasteiger charge is 2.35. The van der Waals surface area contributed by atoms with Gasteiger partial charge in [0.25, 0.3) is 0 Å². The zero-order valence-corrected chi connectivity index (χ0v) is 14.3. The van der Waals surface area contributed by atoms with E-state index in [-0.39, 0.29) is 28.5 Å². The van der Waals surface area contributed by atoms with E-state index in [1.54, 1.807) is 0 Å². The molecule has 0 unspecified atom stereocenters. The first-order valence-electron chi connectivity index (χ1n) is 8.12. The molecule has 2 N–H and O–H groups in total. The summed E-state index contributed by atoms with van der Waals surface area (Å²) < 4.78 is 0. The molecule has 126 valence electrons. The lowest BCUT2D eigenvalue weighted by atomic mass is 9.82. The van der Waals surface area contributed by atoms with Gasteiger partial charge in [0, 0.05) is 6.07 Å². The Kier molecular flexibility index (Phi) is 5.34. The number of fused-ring (bicyclic) bond motifs is 1. The van der Waals surface area contributed by atoms with Gasteiger partial charge >= 0.3 is 0 Å². The number of carbonyl (C=O) groups excluding carboxylic acids is 2. The molecule has 0 saturated carbocycles. The SMILES string of the molecule is C=CNC1=C(/C(=C\C)CCC)C(=O)c2c(CC)cc(=O)[nH]c2C1=O. The molecule has 0 fully saturated rings. The molecule has 1 aromatic rings. The summed E-state index contributed by atoms with van der Waals surface area (Å²) in [5, 5.41) is 2.80. The molecule has 1 aromatic heterocycles. The van der Waals surface area contributed by atoms with Crippen molar-refractivity contribution < 1.29 is 9.59 Å². The summed E-state index contributed by atoms with van der Waals surface area (Å²) in [5.74, 6) is -0.619. The van der Waals surface area contributed by atoms with E-state index in [2.05, 4.69) is 16.9 Å². The summed E-state index contributed by atoms with van der Waals surface area (Å²) in [7, 11) is 0. The average Bonchev–Trinajstić information content (AvgIpc) is 2.57. The monoisotopic (exact) mass is 326 g/mol. The quantitative estimate of drug-likeness (QED) is 0.842. The number of nitrogens with one attached hydrogen (secondary N) is 2. The number of aromatic amines is 1. The minimum absolute atomic E-state index is 0.0596. The van der Waals surface area contributed by atoms with Gasteiger partial charge in [0.05, 0.1) is 16.8 Å². The minimum atomic E-state index is -0.387. The van der Waals surface area contributed by atoms with Gasteiger partial charge in [-0.25, -0.2) is 0 Å². The third-order valence-electron chi connectivity index (χ3n) is 4.10. The van der Waals surface area contributed by atoms with Crippen molar-refractivity contribution in [2.75, 3.05) is 0 Å². The van der Waals surface area contributed by atoms with Crippen LogP contribution in [0.2, 0.25) is 0 Å². The fourth-order valence-electron chi connectivity index (χ4n) is 3.03. The Labute approximate surface area is 141 Å². The molecule has 0 atom stereocenters. The summed E-state index contributed by atoms with van der Waals surface area (Å²) in [5.41, 5.74) is 1.94. The second-order valence-electron chi connectivity index (χ2n) is 5.58. The van der Waals surface area contributed by atoms with Crippen LogP contribution < -0.4 is 10.9 Å². The van der Waals surface area contributed by atoms with Crippen molar-refractivity contribution in [2.24, 2.45) is 0 Å². The van der Waals surface area contributed by atoms with Crippen LogP contribution in [0.25, 0.3) is 0 Å². The van der Waals surface area contributed by atoms with Crippen LogP contribution in [0.3, 0.4) is 0 Å². The summed E-state index contributed by atoms with van der Waals surface area (Å²) in [4.78, 5) is 40.4. The van der Waals surface area contributed by atoms with Gasteiger partial charge < -0.3 is 10.3 Å². The molecule has 0 aromatic carbocycles. The van der Waals surface area contributed by atoms with Crippen molar-refractivity contribution in [1.82, 2.24) is 10.3 Å². The van der Waals surface area contributed by atoms with E-state index < -0.39 is 0 Å². The molecular weight excluding hydrogens is 304 g/mol. The maximum absolute atomic E-state index is 13.2. The Balaban J connectivity index is 2.81. The fraction of sp³-hybridized carbons (Fsp3) is 0.316. The fourth-order valence-corrected chi connectivity index (χ4v) is 3.03. The number of hydrogen-bond donors (Lipinski definition) is 2. The van der Waals surface area contributed by atoms with Gasteiger partial charge in [-0.15, -0.1) is 0 Å². The van der Waals surface area contributed by atoms with Crippen LogP contribution in [0, 0.1) is 0 Å². The second kappa shape index (κ2) is 7.25. The van der Waals surface area contributed by atoms with E-state index in [1.807, 2.05) is 26.8 Å². The van der Waals surface area contributed by atoms with E-state index >= 15 is 0 Å². The van der Waals surface area contributed by atoms with E-state index in [0.29, 0.717) is 29.5 Å². The highest BCUT2D eigenvalue weighted by atomic mass is 16.1. The van der Waals surface area contributed by atoms with Crippen LogP contribution in [0.15, 0.2) is 46.6 Å². The molecule has 24 heavy (non-hydrogen) atoms. The molecular formula is C19H22N2O3. The molecule has 1 heterocycles. The van der Waals surface area contributed by atoms with Crippen molar-refractivity contribution in [3.63, 3.8) is 0 Å². The van der Waals surface area contributed by atoms with Crippen LogP contribution in [0.4, 0.5) is 0 Å². The molecule has 0 amide bonds. The first kappa shape index (κ1) is 17.7. The molecule has 0 bridgehead atoms. The molecule has 0 aliphatic heterocycles. The Morgan fingerprint density at radius 3 is 2.50 bits per heavy atom. The maximum atomic E-state index is 13.2. The largest absolute Gasteiger partial charge is 0.358 e. The lowest BCUT2D eigenvalue weighted by Crippen LogP contribution is -2.33. The third kappa shape index (κ3) is 2.89. The summed E-state index contributed by atoms with van der Waals surface area (Å²) in [6.45, 7) is 9.31. The van der Waals surface area contributed by atoms with Crippen molar-refractivity contribution in [3.05, 3.63) is 68.9 Å². The Hall–Kier alpha value is -2.69. The van der Waals surface area contributed by atoms with E-state index in [4.69, 9.17) is 0 Å². The molecule has 5 nitrogen and oxygen atoms in total. The number of allylic oxidation sites excluding steroid dienone is 4. The topological polar surface area (TPSA) is 79.0 Å². The molecule has 2 rings (SSSR count). The first-order valence-corrected chi connectivity index (χ1v) is 8.12. The first-order chi connectivity index (χ1) is 11.5. The van der Waals surface area contributed by atoms with Gasteiger partial charge in [0.1, 0.15) is 5.69 Å². The Morgan fingerprint density at radius 1 is 1.25 bits per heavy atom. The number of carbonyl (C=O) groups is 2. The third-order valence-corrected chi connectivity index (χ3v) is 4.10. The number of aryl methyl sites for hydroxylation is 1. The van der Waals surface area contributed by atoms with Crippen molar-refractivity contribution in [1.29, 1.82) is 0 Å². The van der Waals surface area contributed by atoms with Crippen molar-refractivity contribution in [2.45, 2.75) is 40.0 Å². The minimum Gasteiger partial charge on any atom is -0.358 e. The molecule has 0 spiro atoms. The highest BCUT2D eigenvalue weighted by Crippen LogP contribution is 2.31. The summed E-state index contributed by atoms with van der Waals surface area (Å²) in [6, 6.07) is 1.39. The number of Topliss-reactive ketones (excluding diaryl/α,β-unsaturated/α-hetero) is 2. The van der Waals surface area contributed by atoms with Crippen LogP contribution in [0.5, 0.6) is 0 Å². The van der Waals surface area contributed by atoms with E-state index in [1.165, 1.54) is 12.3 Å². The molecule has 1 aliphatic carbocycles. The number of aromatic nitrogens is 1. The number of pyridine rings is 1. The Morgan fingerprint density at radius 2 is 1.96 bits per heavy atom. The standard InChI is InChI=1S/C19H22N2O3/c1-5-9-11(6-2)14-16(20-8-4)19(24)17-15(18(14)23)12(7-3)10-13(22)21-17/h6,8,10,20H,4-5,7,9H2,1-3H3,(H,21,22)/b11-6-. The number of ketones is 2. The molecule has 0 radical (unpaired) electrons. The zero-order chi connectivity index (χ0) is 17.9. The smallest absolute Gasteiger partial charge is 0.248 e. The van der Waals surface area contributed by atoms with Crippen LogP contribution >= 0.6 is 0 Å². The molecule has 5 heteroatoms. The summed E-state index contributed by atoms with van der Waals surface area (Å²) >= 11 is 0. The molecule has 0 saturated heterocycles. The van der Waals surface area contributed by atoms with Crippen molar-refractivity contribution in [3.8, 4) is 0 Å². The van der Waals surface area contributed by atoms with Gasteiger partial charge in [-0.3, -0.25) is 14.4 Å². The number of rotatable bonds is 6. The van der Waals surface area contributed by atoms with E-state index in [9.17, 15) is 14.4 Å². The van der Waals surface area contributed by atoms with Gasteiger partial charge in [-0.1, -0.05) is 32.9 Å². The van der Waals surface area contributed by atoms with Crippen LogP contribution in [0.1, 0.15) is 60.0 Å². The Bertz CT molecular complexity index is 826. The van der Waals surface area contributed by atoms with Crippen LogP contribution in [-0.4, -0.2) is 16.6 Å².